The van der Waals surface area contributed by atoms with Crippen molar-refractivity contribution in [1.29, 1.82) is 0 Å². The van der Waals surface area contributed by atoms with E-state index in [1.54, 1.807) is 0 Å². The minimum atomic E-state index is 0.0276. The Morgan fingerprint density at radius 3 is 2.76 bits per heavy atom. The topological polar surface area (TPSA) is 51.0 Å². The molecule has 1 aromatic carbocycles. The Labute approximate surface area is 126 Å². The fourth-order valence-electron chi connectivity index (χ4n) is 3.08. The largest absolute Gasteiger partial charge is 0.486 e. The first-order valence-corrected chi connectivity index (χ1v) is 7.67. The summed E-state index contributed by atoms with van der Waals surface area (Å²) >= 11 is 0. The van der Waals surface area contributed by atoms with E-state index in [0.717, 1.165) is 43.1 Å². The van der Waals surface area contributed by atoms with Crippen LogP contribution < -0.4 is 15.2 Å². The molecule has 21 heavy (non-hydrogen) atoms. The van der Waals surface area contributed by atoms with Crippen LogP contribution in [0.15, 0.2) is 18.2 Å². The Hall–Kier alpha value is -1.30. The van der Waals surface area contributed by atoms with Crippen LogP contribution in [0.1, 0.15) is 18.0 Å². The fourth-order valence-corrected chi connectivity index (χ4v) is 3.08. The predicted molar refractivity (Wildman–Crippen MR) is 82.9 cm³/mol. The summed E-state index contributed by atoms with van der Waals surface area (Å²) in [5.74, 6) is 1.65. The van der Waals surface area contributed by atoms with Crippen LogP contribution in [0.4, 0.5) is 0 Å². The highest BCUT2D eigenvalue weighted by atomic mass is 16.6. The van der Waals surface area contributed by atoms with Crippen LogP contribution in [0.5, 0.6) is 11.5 Å². The number of hydrogen-bond donors (Lipinski definition) is 1. The Balaban J connectivity index is 1.68. The van der Waals surface area contributed by atoms with E-state index < -0.39 is 0 Å². The smallest absolute Gasteiger partial charge is 0.161 e. The van der Waals surface area contributed by atoms with Crippen molar-refractivity contribution in [1.82, 2.24) is 9.80 Å². The SMILES string of the molecule is CN1CCN(C)C(CC(N)c2ccc3c(c2)OCCO3)C1. The number of fused-ring (bicyclic) bond motifs is 1. The number of benzene rings is 1. The molecule has 3 rings (SSSR count). The van der Waals surface area contributed by atoms with Crippen molar-refractivity contribution in [3.05, 3.63) is 23.8 Å². The Morgan fingerprint density at radius 1 is 1.19 bits per heavy atom. The highest BCUT2D eigenvalue weighted by molar-refractivity contribution is 5.44. The van der Waals surface area contributed by atoms with Crippen molar-refractivity contribution in [2.75, 3.05) is 46.9 Å². The molecule has 0 aliphatic carbocycles. The summed E-state index contributed by atoms with van der Waals surface area (Å²) in [4.78, 5) is 4.79. The van der Waals surface area contributed by atoms with Gasteiger partial charge >= 0.3 is 0 Å². The van der Waals surface area contributed by atoms with Crippen LogP contribution in [0.2, 0.25) is 0 Å². The molecule has 2 unspecified atom stereocenters. The molecule has 2 N–H and O–H groups in total. The van der Waals surface area contributed by atoms with Crippen molar-refractivity contribution in [2.45, 2.75) is 18.5 Å². The van der Waals surface area contributed by atoms with E-state index in [1.807, 2.05) is 12.1 Å². The number of nitrogens with zero attached hydrogens (tertiary/aromatic N) is 2. The van der Waals surface area contributed by atoms with E-state index >= 15 is 0 Å². The number of nitrogens with two attached hydrogens (primary N) is 1. The first kappa shape index (κ1) is 14.6. The van der Waals surface area contributed by atoms with Crippen molar-refractivity contribution in [3.63, 3.8) is 0 Å². The van der Waals surface area contributed by atoms with Gasteiger partial charge in [-0.3, -0.25) is 0 Å². The van der Waals surface area contributed by atoms with E-state index in [4.69, 9.17) is 15.2 Å². The van der Waals surface area contributed by atoms with Gasteiger partial charge in [-0.2, -0.15) is 0 Å². The van der Waals surface area contributed by atoms with Crippen LogP contribution in [-0.4, -0.2) is 62.8 Å². The second-order valence-corrected chi connectivity index (χ2v) is 6.14. The van der Waals surface area contributed by atoms with E-state index in [-0.39, 0.29) is 6.04 Å². The summed E-state index contributed by atoms with van der Waals surface area (Å²) < 4.78 is 11.2. The molecule has 0 aromatic heterocycles. The average Bonchev–Trinajstić information content (AvgIpc) is 2.50. The van der Waals surface area contributed by atoms with Crippen molar-refractivity contribution in [2.24, 2.45) is 5.73 Å². The normalized spacial score (nSPS) is 24.8. The first-order chi connectivity index (χ1) is 10.1. The number of rotatable bonds is 3. The molecule has 5 heteroatoms. The van der Waals surface area contributed by atoms with Crippen LogP contribution in [0, 0.1) is 0 Å². The highest BCUT2D eigenvalue weighted by Gasteiger charge is 2.25. The lowest BCUT2D eigenvalue weighted by Gasteiger charge is -2.39. The lowest BCUT2D eigenvalue weighted by molar-refractivity contribution is 0.104. The van der Waals surface area contributed by atoms with Crippen molar-refractivity contribution in [3.8, 4) is 11.5 Å². The summed E-state index contributed by atoms with van der Waals surface area (Å²) in [7, 11) is 4.36. The summed E-state index contributed by atoms with van der Waals surface area (Å²) in [5, 5.41) is 0. The number of likely N-dealkylation sites (N-methyl/N-ethyl adjacent to an activating group) is 2. The molecule has 1 saturated heterocycles. The second kappa shape index (κ2) is 6.22. The van der Waals surface area contributed by atoms with Gasteiger partial charge in [-0.15, -0.1) is 0 Å². The molecule has 2 aliphatic rings. The van der Waals surface area contributed by atoms with Gasteiger partial charge in [-0.1, -0.05) is 6.07 Å². The molecular weight excluding hydrogens is 266 g/mol. The van der Waals surface area contributed by atoms with Gasteiger partial charge in [0.05, 0.1) is 0 Å². The highest BCUT2D eigenvalue weighted by Crippen LogP contribution is 2.33. The number of hydrogen-bond acceptors (Lipinski definition) is 5. The zero-order valence-electron chi connectivity index (χ0n) is 12.9. The van der Waals surface area contributed by atoms with Gasteiger partial charge in [0.2, 0.25) is 0 Å². The zero-order valence-corrected chi connectivity index (χ0v) is 12.9. The molecule has 116 valence electrons. The predicted octanol–water partition coefficient (Wildman–Crippen LogP) is 1.09. The number of piperazine rings is 1. The molecule has 0 spiro atoms. The third-order valence-electron chi connectivity index (χ3n) is 4.50. The van der Waals surface area contributed by atoms with Crippen LogP contribution in [0.25, 0.3) is 0 Å². The lowest BCUT2D eigenvalue weighted by atomic mass is 9.97. The molecule has 2 aliphatic heterocycles. The van der Waals surface area contributed by atoms with Gasteiger partial charge in [-0.05, 0) is 38.2 Å². The Bertz CT molecular complexity index is 494. The molecular formula is C16H25N3O2. The minimum Gasteiger partial charge on any atom is -0.486 e. The average molecular weight is 291 g/mol. The van der Waals surface area contributed by atoms with Gasteiger partial charge < -0.3 is 25.0 Å². The summed E-state index contributed by atoms with van der Waals surface area (Å²) in [5.41, 5.74) is 7.55. The van der Waals surface area contributed by atoms with Gasteiger partial charge in [0, 0.05) is 31.7 Å². The van der Waals surface area contributed by atoms with Crippen molar-refractivity contribution >= 4 is 0 Å². The molecule has 1 aromatic rings. The standard InChI is InChI=1S/C16H25N3O2/c1-18-5-6-19(2)13(11-18)10-14(17)12-3-4-15-16(9-12)21-8-7-20-15/h3-4,9,13-14H,5-8,10-11,17H2,1-2H3. The van der Waals surface area contributed by atoms with E-state index in [1.165, 1.54) is 0 Å². The maximum Gasteiger partial charge on any atom is 0.161 e. The maximum atomic E-state index is 6.43. The van der Waals surface area contributed by atoms with Crippen LogP contribution >= 0.6 is 0 Å². The molecule has 5 nitrogen and oxygen atoms in total. The molecule has 1 fully saturated rings. The molecule has 2 heterocycles. The van der Waals surface area contributed by atoms with Gasteiger partial charge in [0.15, 0.2) is 11.5 Å². The molecule has 2 atom stereocenters. The van der Waals surface area contributed by atoms with Gasteiger partial charge in [0.1, 0.15) is 13.2 Å². The quantitative estimate of drug-likeness (QED) is 0.903. The van der Waals surface area contributed by atoms with Crippen LogP contribution in [0.3, 0.4) is 0 Å². The zero-order chi connectivity index (χ0) is 14.8. The third-order valence-corrected chi connectivity index (χ3v) is 4.50. The number of ether oxygens (including phenoxy) is 2. The van der Waals surface area contributed by atoms with E-state index in [2.05, 4.69) is 30.0 Å². The monoisotopic (exact) mass is 291 g/mol. The Morgan fingerprint density at radius 2 is 1.95 bits per heavy atom. The van der Waals surface area contributed by atoms with Gasteiger partial charge in [0.25, 0.3) is 0 Å². The third kappa shape index (κ3) is 3.31. The second-order valence-electron chi connectivity index (χ2n) is 6.14. The first-order valence-electron chi connectivity index (χ1n) is 7.67. The molecule has 0 amide bonds. The minimum absolute atomic E-state index is 0.0276. The molecule has 0 saturated carbocycles. The van der Waals surface area contributed by atoms with Crippen molar-refractivity contribution < 1.29 is 9.47 Å². The van der Waals surface area contributed by atoms with Gasteiger partial charge in [-0.25, -0.2) is 0 Å². The maximum absolute atomic E-state index is 6.43. The Kier molecular flexibility index (Phi) is 4.33. The lowest BCUT2D eigenvalue weighted by Crippen LogP contribution is -2.50. The van der Waals surface area contributed by atoms with E-state index in [9.17, 15) is 0 Å². The van der Waals surface area contributed by atoms with Crippen LogP contribution in [-0.2, 0) is 0 Å². The molecule has 0 bridgehead atoms. The molecule has 0 radical (unpaired) electrons. The fraction of sp³-hybridized carbons (Fsp3) is 0.625. The summed E-state index contributed by atoms with van der Waals surface area (Å²) in [6.07, 6.45) is 0.959. The van der Waals surface area contributed by atoms with E-state index in [0.29, 0.717) is 19.3 Å². The summed E-state index contributed by atoms with van der Waals surface area (Å²) in [6.45, 7) is 4.55. The summed E-state index contributed by atoms with van der Waals surface area (Å²) in [6, 6.07) is 6.60.